The van der Waals surface area contributed by atoms with E-state index < -0.39 is 20.9 Å². The van der Waals surface area contributed by atoms with Gasteiger partial charge in [0.05, 0.1) is 10.7 Å². The lowest BCUT2D eigenvalue weighted by Crippen LogP contribution is -2.50. The van der Waals surface area contributed by atoms with Crippen LogP contribution < -0.4 is 10.2 Å². The van der Waals surface area contributed by atoms with Gasteiger partial charge in [-0.05, 0) is 24.3 Å². The third-order valence-corrected chi connectivity index (χ3v) is 6.90. The first-order chi connectivity index (χ1) is 14.3. The van der Waals surface area contributed by atoms with Crippen molar-refractivity contribution >= 4 is 38.9 Å². The summed E-state index contributed by atoms with van der Waals surface area (Å²) in [5, 5.41) is 14.1. The molecule has 3 rings (SSSR count). The lowest BCUT2D eigenvalue weighted by atomic mass is 10.1. The molecule has 0 radical (unpaired) electrons. The average Bonchev–Trinajstić information content (AvgIpc) is 2.73. The van der Waals surface area contributed by atoms with Crippen LogP contribution in [0.5, 0.6) is 0 Å². The molecule has 160 valence electrons. The summed E-state index contributed by atoms with van der Waals surface area (Å²) in [4.78, 5) is 24.7. The molecule has 1 aliphatic rings. The monoisotopic (exact) mass is 452 g/mol. The lowest BCUT2D eigenvalue weighted by Gasteiger charge is -2.35. The lowest BCUT2D eigenvalue weighted by molar-refractivity contribution is -0.385. The number of rotatable bonds is 7. The zero-order valence-corrected chi connectivity index (χ0v) is 17.6. The number of carbonyl (C=O) groups is 1. The van der Waals surface area contributed by atoms with Gasteiger partial charge in [0, 0.05) is 49.5 Å². The fourth-order valence-electron chi connectivity index (χ4n) is 3.24. The van der Waals surface area contributed by atoms with Gasteiger partial charge < -0.3 is 10.2 Å². The molecule has 11 heteroatoms. The van der Waals surface area contributed by atoms with E-state index in [1.165, 1.54) is 28.6 Å². The topological polar surface area (TPSA) is 113 Å². The van der Waals surface area contributed by atoms with Gasteiger partial charge in [-0.25, -0.2) is 8.42 Å². The van der Waals surface area contributed by atoms with Crippen molar-refractivity contribution in [2.45, 2.75) is 0 Å². The van der Waals surface area contributed by atoms with Gasteiger partial charge in [-0.15, -0.1) is 0 Å². The molecule has 1 heterocycles. The quantitative estimate of drug-likeness (QED) is 0.508. The molecule has 2 aromatic rings. The predicted octanol–water partition coefficient (Wildman–Crippen LogP) is 2.13. The van der Waals surface area contributed by atoms with Gasteiger partial charge >= 0.3 is 0 Å². The van der Waals surface area contributed by atoms with E-state index in [2.05, 4.69) is 10.2 Å². The molecule has 0 atom stereocenters. The minimum atomic E-state index is -3.57. The third-order valence-electron chi connectivity index (χ3n) is 4.80. The number of benzene rings is 2. The van der Waals surface area contributed by atoms with Gasteiger partial charge in [0.15, 0.2) is 0 Å². The number of nitro benzene ring substituents is 1. The second-order valence-corrected chi connectivity index (χ2v) is 9.24. The van der Waals surface area contributed by atoms with Crippen molar-refractivity contribution in [3.05, 3.63) is 69.2 Å². The highest BCUT2D eigenvalue weighted by atomic mass is 35.5. The summed E-state index contributed by atoms with van der Waals surface area (Å²) in [6.45, 7) is 1.58. The van der Waals surface area contributed by atoms with Gasteiger partial charge in [0.2, 0.25) is 10.0 Å². The molecular formula is C19H21ClN4O5S. The summed E-state index contributed by atoms with van der Waals surface area (Å²) in [5.74, 6) is -0.959. The SMILES string of the molecule is O=C(NCCS(=O)(=O)N1CCN(c2cccc(Cl)c2)CC1)c1ccccc1[N+](=O)[O-]. The fraction of sp³-hybridized carbons (Fsp3) is 0.316. The van der Waals surface area contributed by atoms with Crippen molar-refractivity contribution < 1.29 is 18.1 Å². The van der Waals surface area contributed by atoms with Crippen LogP contribution in [0, 0.1) is 10.1 Å². The molecule has 1 aliphatic heterocycles. The molecule has 1 N–H and O–H groups in total. The van der Waals surface area contributed by atoms with E-state index in [1.807, 2.05) is 18.2 Å². The Morgan fingerprint density at radius 1 is 1.10 bits per heavy atom. The number of anilines is 1. The average molecular weight is 453 g/mol. The van der Waals surface area contributed by atoms with Gasteiger partial charge in [0.1, 0.15) is 5.56 Å². The van der Waals surface area contributed by atoms with Crippen LogP contribution in [0.3, 0.4) is 0 Å². The van der Waals surface area contributed by atoms with Crippen molar-refractivity contribution in [1.29, 1.82) is 0 Å². The smallest absolute Gasteiger partial charge is 0.282 e. The number of nitrogens with zero attached hydrogens (tertiary/aromatic N) is 3. The van der Waals surface area contributed by atoms with E-state index in [9.17, 15) is 23.3 Å². The first-order valence-electron chi connectivity index (χ1n) is 9.28. The van der Waals surface area contributed by atoms with Crippen molar-refractivity contribution in [3.8, 4) is 0 Å². The van der Waals surface area contributed by atoms with Crippen molar-refractivity contribution in [1.82, 2.24) is 9.62 Å². The molecule has 2 aromatic carbocycles. The summed E-state index contributed by atoms with van der Waals surface area (Å²) in [5.41, 5.74) is 0.515. The highest BCUT2D eigenvalue weighted by Crippen LogP contribution is 2.21. The molecule has 0 unspecified atom stereocenters. The molecule has 0 spiro atoms. The zero-order chi connectivity index (χ0) is 21.7. The van der Waals surface area contributed by atoms with Crippen LogP contribution in [0.4, 0.5) is 11.4 Å². The maximum absolute atomic E-state index is 12.6. The summed E-state index contributed by atoms with van der Waals surface area (Å²) < 4.78 is 26.6. The number of carbonyl (C=O) groups excluding carboxylic acids is 1. The predicted molar refractivity (Wildman–Crippen MR) is 114 cm³/mol. The van der Waals surface area contributed by atoms with E-state index in [-0.39, 0.29) is 23.5 Å². The van der Waals surface area contributed by atoms with Crippen molar-refractivity contribution in [3.63, 3.8) is 0 Å². The number of amides is 1. The van der Waals surface area contributed by atoms with Crippen LogP contribution in [0.2, 0.25) is 5.02 Å². The fourth-order valence-corrected chi connectivity index (χ4v) is 4.76. The van der Waals surface area contributed by atoms with Gasteiger partial charge in [-0.3, -0.25) is 14.9 Å². The Morgan fingerprint density at radius 2 is 1.80 bits per heavy atom. The molecule has 0 aliphatic carbocycles. The van der Waals surface area contributed by atoms with E-state index >= 15 is 0 Å². The Balaban J connectivity index is 1.53. The standard InChI is InChI=1S/C19H21ClN4O5S/c20-15-4-3-5-16(14-15)22-9-11-23(12-10-22)30(28,29)13-8-21-19(25)17-6-1-2-7-18(17)24(26)27/h1-7,14H,8-13H2,(H,21,25). The molecule has 1 fully saturated rings. The van der Waals surface area contributed by atoms with Gasteiger partial charge in [-0.1, -0.05) is 29.8 Å². The van der Waals surface area contributed by atoms with E-state index in [0.717, 1.165) is 5.69 Å². The maximum atomic E-state index is 12.6. The third kappa shape index (κ3) is 5.26. The van der Waals surface area contributed by atoms with Crippen LogP contribution in [0.15, 0.2) is 48.5 Å². The van der Waals surface area contributed by atoms with Gasteiger partial charge in [0.25, 0.3) is 11.6 Å². The molecule has 0 bridgehead atoms. The molecule has 9 nitrogen and oxygen atoms in total. The normalized spacial score (nSPS) is 15.0. The first kappa shape index (κ1) is 22.0. The summed E-state index contributed by atoms with van der Waals surface area (Å²) in [6.07, 6.45) is 0. The zero-order valence-electron chi connectivity index (χ0n) is 16.0. The number of piperazine rings is 1. The second-order valence-electron chi connectivity index (χ2n) is 6.71. The minimum absolute atomic E-state index is 0.102. The summed E-state index contributed by atoms with van der Waals surface area (Å²) >= 11 is 6.01. The first-order valence-corrected chi connectivity index (χ1v) is 11.3. The van der Waals surface area contributed by atoms with E-state index in [4.69, 9.17) is 11.6 Å². The number of hydrogen-bond acceptors (Lipinski definition) is 6. The Morgan fingerprint density at radius 3 is 2.47 bits per heavy atom. The van der Waals surface area contributed by atoms with Crippen LogP contribution >= 0.6 is 11.6 Å². The summed E-state index contributed by atoms with van der Waals surface area (Å²) in [7, 11) is -3.57. The largest absolute Gasteiger partial charge is 0.369 e. The van der Waals surface area contributed by atoms with Gasteiger partial charge in [-0.2, -0.15) is 4.31 Å². The molecule has 0 aromatic heterocycles. The number of sulfonamides is 1. The molecular weight excluding hydrogens is 432 g/mol. The Kier molecular flexibility index (Phi) is 6.91. The number of nitro groups is 1. The molecule has 1 amide bonds. The number of nitrogens with one attached hydrogen (secondary N) is 1. The second kappa shape index (κ2) is 9.41. The number of hydrogen-bond donors (Lipinski definition) is 1. The Labute approximate surface area is 179 Å². The van der Waals surface area contributed by atoms with Crippen LogP contribution in [-0.4, -0.2) is 62.0 Å². The van der Waals surface area contributed by atoms with Crippen LogP contribution in [0.25, 0.3) is 0 Å². The Bertz CT molecular complexity index is 1040. The Hall–Kier alpha value is -2.69. The number of halogens is 1. The van der Waals surface area contributed by atoms with Crippen LogP contribution in [-0.2, 0) is 10.0 Å². The highest BCUT2D eigenvalue weighted by Gasteiger charge is 2.27. The molecule has 1 saturated heterocycles. The molecule has 0 saturated carbocycles. The maximum Gasteiger partial charge on any atom is 0.282 e. The minimum Gasteiger partial charge on any atom is -0.369 e. The van der Waals surface area contributed by atoms with Crippen LogP contribution in [0.1, 0.15) is 10.4 Å². The highest BCUT2D eigenvalue weighted by molar-refractivity contribution is 7.89. The van der Waals surface area contributed by atoms with Crippen molar-refractivity contribution in [2.24, 2.45) is 0 Å². The summed E-state index contributed by atoms with van der Waals surface area (Å²) in [6, 6.07) is 12.9. The molecule has 30 heavy (non-hydrogen) atoms. The van der Waals surface area contributed by atoms with E-state index in [1.54, 1.807) is 6.07 Å². The van der Waals surface area contributed by atoms with E-state index in [0.29, 0.717) is 31.2 Å². The number of para-hydroxylation sites is 1. The van der Waals surface area contributed by atoms with Crippen molar-refractivity contribution in [2.75, 3.05) is 43.4 Å².